The summed E-state index contributed by atoms with van der Waals surface area (Å²) in [5.41, 5.74) is 0.181. The van der Waals surface area contributed by atoms with Crippen molar-refractivity contribution in [2.75, 3.05) is 7.11 Å². The minimum absolute atomic E-state index is 0.181. The molecule has 0 aromatic heterocycles. The van der Waals surface area contributed by atoms with Crippen molar-refractivity contribution in [2.24, 2.45) is 5.92 Å². The number of rotatable bonds is 6. The van der Waals surface area contributed by atoms with E-state index in [1.807, 2.05) is 6.92 Å². The molecule has 0 radical (unpaired) electrons. The Kier molecular flexibility index (Phi) is 6.30. The summed E-state index contributed by atoms with van der Waals surface area (Å²) in [5, 5.41) is 12.0. The van der Waals surface area contributed by atoms with Crippen molar-refractivity contribution in [3.63, 3.8) is 0 Å². The Bertz CT molecular complexity index is 525. The van der Waals surface area contributed by atoms with E-state index >= 15 is 0 Å². The lowest BCUT2D eigenvalue weighted by Gasteiger charge is -2.20. The van der Waals surface area contributed by atoms with E-state index in [1.54, 1.807) is 6.92 Å². The van der Waals surface area contributed by atoms with Crippen molar-refractivity contribution in [2.45, 2.75) is 26.3 Å². The third-order valence-corrected chi connectivity index (χ3v) is 3.79. The summed E-state index contributed by atoms with van der Waals surface area (Å²) in [6.07, 6.45) is 0.626. The maximum absolute atomic E-state index is 12.2. The molecule has 0 unspecified atom stereocenters. The van der Waals surface area contributed by atoms with Crippen LogP contribution >= 0.6 is 23.2 Å². The van der Waals surface area contributed by atoms with Crippen molar-refractivity contribution in [3.05, 3.63) is 27.7 Å². The number of hydrogen-bond acceptors (Lipinski definition) is 3. The van der Waals surface area contributed by atoms with Gasteiger partial charge in [0.25, 0.3) is 5.91 Å². The number of carboxylic acids is 1. The first-order chi connectivity index (χ1) is 9.81. The van der Waals surface area contributed by atoms with Crippen molar-refractivity contribution in [3.8, 4) is 5.75 Å². The third kappa shape index (κ3) is 4.25. The van der Waals surface area contributed by atoms with Crippen molar-refractivity contribution < 1.29 is 19.4 Å². The highest BCUT2D eigenvalue weighted by Crippen LogP contribution is 2.33. The molecule has 1 aromatic carbocycles. The number of halogens is 2. The predicted octanol–water partition coefficient (Wildman–Crippen LogP) is 3.23. The normalized spacial score (nSPS) is 13.4. The SMILES string of the molecule is CC[C@H](C)[C@H](NC(=O)c1cc(Cl)c(OC)c(Cl)c1)C(=O)O. The third-order valence-electron chi connectivity index (χ3n) is 3.23. The molecule has 0 aliphatic rings. The van der Waals surface area contributed by atoms with Gasteiger partial charge >= 0.3 is 5.97 Å². The van der Waals surface area contributed by atoms with Crippen molar-refractivity contribution in [1.82, 2.24) is 5.32 Å². The van der Waals surface area contributed by atoms with Gasteiger partial charge in [-0.3, -0.25) is 4.79 Å². The molecule has 1 amide bonds. The van der Waals surface area contributed by atoms with Crippen LogP contribution in [0, 0.1) is 5.92 Å². The number of nitrogens with one attached hydrogen (secondary N) is 1. The molecule has 1 aromatic rings. The molecule has 0 aliphatic carbocycles. The lowest BCUT2D eigenvalue weighted by atomic mass is 9.99. The number of carbonyl (C=O) groups is 2. The first kappa shape index (κ1) is 17.6. The molecule has 0 heterocycles. The first-order valence-corrected chi connectivity index (χ1v) is 7.14. The standard InChI is InChI=1S/C14H17Cl2NO4/c1-4-7(2)11(14(19)20)17-13(18)8-5-9(15)12(21-3)10(16)6-8/h5-7,11H,4H2,1-3H3,(H,17,18)(H,19,20)/t7-,11-/m0/s1. The van der Waals surface area contributed by atoms with Gasteiger partial charge in [0.2, 0.25) is 0 Å². The van der Waals surface area contributed by atoms with E-state index in [9.17, 15) is 14.7 Å². The van der Waals surface area contributed by atoms with Crippen LogP contribution in [0.3, 0.4) is 0 Å². The van der Waals surface area contributed by atoms with Crippen LogP contribution in [0.4, 0.5) is 0 Å². The quantitative estimate of drug-likeness (QED) is 0.837. The number of amides is 1. The van der Waals surface area contributed by atoms with E-state index in [1.165, 1.54) is 19.2 Å². The van der Waals surface area contributed by atoms with Gasteiger partial charge in [-0.1, -0.05) is 43.5 Å². The second-order valence-electron chi connectivity index (χ2n) is 4.65. The Hall–Kier alpha value is -1.46. The molecule has 7 heteroatoms. The lowest BCUT2D eigenvalue weighted by Crippen LogP contribution is -2.45. The van der Waals surface area contributed by atoms with E-state index in [-0.39, 0.29) is 27.3 Å². The molecular formula is C14H17Cl2NO4. The highest BCUT2D eigenvalue weighted by Gasteiger charge is 2.26. The van der Waals surface area contributed by atoms with E-state index in [4.69, 9.17) is 27.9 Å². The number of carboxylic acid groups (broad SMARTS) is 1. The molecule has 0 aliphatic heterocycles. The summed E-state index contributed by atoms with van der Waals surface area (Å²) < 4.78 is 5.00. The fourth-order valence-corrected chi connectivity index (χ4v) is 2.44. The Balaban J connectivity index is 3.01. The molecule has 2 N–H and O–H groups in total. The smallest absolute Gasteiger partial charge is 0.326 e. The van der Waals surface area contributed by atoms with Crippen LogP contribution in [0.25, 0.3) is 0 Å². The van der Waals surface area contributed by atoms with Crippen LogP contribution in [-0.2, 0) is 4.79 Å². The summed E-state index contributed by atoms with van der Waals surface area (Å²) in [4.78, 5) is 23.4. The molecule has 21 heavy (non-hydrogen) atoms. The Morgan fingerprint density at radius 2 is 1.86 bits per heavy atom. The fraction of sp³-hybridized carbons (Fsp3) is 0.429. The van der Waals surface area contributed by atoms with E-state index in [2.05, 4.69) is 5.32 Å². The summed E-state index contributed by atoms with van der Waals surface area (Å²) in [6.45, 7) is 3.61. The zero-order valence-electron chi connectivity index (χ0n) is 11.9. The summed E-state index contributed by atoms with van der Waals surface area (Å²) in [5.74, 6) is -1.56. The van der Waals surface area contributed by atoms with E-state index < -0.39 is 17.9 Å². The Morgan fingerprint density at radius 3 is 2.24 bits per heavy atom. The zero-order chi connectivity index (χ0) is 16.2. The number of benzene rings is 1. The maximum atomic E-state index is 12.2. The van der Waals surface area contributed by atoms with Crippen LogP contribution in [0.15, 0.2) is 12.1 Å². The number of carbonyl (C=O) groups excluding carboxylic acids is 1. The largest absolute Gasteiger partial charge is 0.494 e. The van der Waals surface area contributed by atoms with Crippen molar-refractivity contribution >= 4 is 35.1 Å². The van der Waals surface area contributed by atoms with Gasteiger partial charge < -0.3 is 15.2 Å². The highest BCUT2D eigenvalue weighted by molar-refractivity contribution is 6.37. The number of aliphatic carboxylic acids is 1. The van der Waals surface area contributed by atoms with Gasteiger partial charge in [-0.15, -0.1) is 0 Å². The van der Waals surface area contributed by atoms with Gasteiger partial charge in [0, 0.05) is 5.56 Å². The average molecular weight is 334 g/mol. The number of methoxy groups -OCH3 is 1. The van der Waals surface area contributed by atoms with Crippen LogP contribution in [0.1, 0.15) is 30.6 Å². The second kappa shape index (κ2) is 7.52. The maximum Gasteiger partial charge on any atom is 0.326 e. The minimum atomic E-state index is -1.08. The molecule has 5 nitrogen and oxygen atoms in total. The topological polar surface area (TPSA) is 75.6 Å². The summed E-state index contributed by atoms with van der Waals surface area (Å²) in [7, 11) is 1.41. The fourth-order valence-electron chi connectivity index (χ4n) is 1.79. The molecular weight excluding hydrogens is 317 g/mol. The van der Waals surface area contributed by atoms with Crippen LogP contribution in [0.5, 0.6) is 5.75 Å². The monoisotopic (exact) mass is 333 g/mol. The van der Waals surface area contributed by atoms with Gasteiger partial charge in [0.1, 0.15) is 6.04 Å². The number of ether oxygens (including phenoxy) is 1. The molecule has 0 saturated carbocycles. The Morgan fingerprint density at radius 1 is 1.33 bits per heavy atom. The van der Waals surface area contributed by atoms with Crippen molar-refractivity contribution in [1.29, 1.82) is 0 Å². The van der Waals surface area contributed by atoms with Crippen LogP contribution in [-0.4, -0.2) is 30.1 Å². The van der Waals surface area contributed by atoms with Gasteiger partial charge in [-0.2, -0.15) is 0 Å². The summed E-state index contributed by atoms with van der Waals surface area (Å²) in [6, 6.07) is 1.80. The molecule has 0 fully saturated rings. The molecule has 1 rings (SSSR count). The zero-order valence-corrected chi connectivity index (χ0v) is 13.5. The Labute approximate surface area is 133 Å². The summed E-state index contributed by atoms with van der Waals surface area (Å²) >= 11 is 11.9. The lowest BCUT2D eigenvalue weighted by molar-refractivity contribution is -0.140. The second-order valence-corrected chi connectivity index (χ2v) is 5.46. The molecule has 116 valence electrons. The first-order valence-electron chi connectivity index (χ1n) is 6.38. The van der Waals surface area contributed by atoms with Gasteiger partial charge in [0.05, 0.1) is 17.2 Å². The average Bonchev–Trinajstić information content (AvgIpc) is 2.42. The van der Waals surface area contributed by atoms with E-state index in [0.29, 0.717) is 6.42 Å². The van der Waals surface area contributed by atoms with Gasteiger partial charge in [-0.25, -0.2) is 4.79 Å². The predicted molar refractivity (Wildman–Crippen MR) is 81.4 cm³/mol. The molecule has 0 bridgehead atoms. The van der Waals surface area contributed by atoms with Crippen LogP contribution < -0.4 is 10.1 Å². The molecule has 0 saturated heterocycles. The number of hydrogen-bond donors (Lipinski definition) is 2. The minimum Gasteiger partial charge on any atom is -0.494 e. The highest BCUT2D eigenvalue weighted by atomic mass is 35.5. The van der Waals surface area contributed by atoms with E-state index in [0.717, 1.165) is 0 Å². The van der Waals surface area contributed by atoms with Gasteiger partial charge in [0.15, 0.2) is 5.75 Å². The molecule has 2 atom stereocenters. The molecule has 0 spiro atoms. The van der Waals surface area contributed by atoms with Gasteiger partial charge in [-0.05, 0) is 18.1 Å². The van der Waals surface area contributed by atoms with Crippen LogP contribution in [0.2, 0.25) is 10.0 Å².